The minimum atomic E-state index is -0.346. The van der Waals surface area contributed by atoms with Gasteiger partial charge < -0.3 is 14.4 Å². The first-order valence-electron chi connectivity index (χ1n) is 13.8. The number of aryl methyl sites for hydroxylation is 3. The van der Waals surface area contributed by atoms with E-state index in [9.17, 15) is 5.11 Å². The van der Waals surface area contributed by atoms with Crippen LogP contribution in [0.5, 0.6) is 0 Å². The molecule has 1 heterocycles. The van der Waals surface area contributed by atoms with Gasteiger partial charge in [-0.05, 0) is 100 Å². The average Bonchev–Trinajstić information content (AvgIpc) is 3.00. The molecule has 1 saturated heterocycles. The second-order valence-electron chi connectivity index (χ2n) is 13.0. The molecule has 0 aliphatic carbocycles. The summed E-state index contributed by atoms with van der Waals surface area (Å²) in [4.78, 5) is 0. The SMILES string of the molecule is CCC(CC)(c1ccc(CCC(O)C(C)(C)C)c(C)c1)c1ccc(B2OC(C)(C)C(C)(C)O2)c(C)c1. The molecule has 3 rings (SSSR count). The molecule has 0 radical (unpaired) electrons. The van der Waals surface area contributed by atoms with Gasteiger partial charge in [-0.3, -0.25) is 0 Å². The molecule has 36 heavy (non-hydrogen) atoms. The van der Waals surface area contributed by atoms with Gasteiger partial charge in [-0.1, -0.05) is 76.6 Å². The second kappa shape index (κ2) is 10.3. The van der Waals surface area contributed by atoms with Crippen molar-refractivity contribution in [1.82, 2.24) is 0 Å². The molecule has 1 unspecified atom stereocenters. The van der Waals surface area contributed by atoms with Crippen molar-refractivity contribution in [2.24, 2.45) is 5.41 Å². The van der Waals surface area contributed by atoms with E-state index in [4.69, 9.17) is 9.31 Å². The van der Waals surface area contributed by atoms with Gasteiger partial charge in [-0.15, -0.1) is 0 Å². The minimum absolute atomic E-state index is 0.0482. The molecule has 3 nitrogen and oxygen atoms in total. The maximum Gasteiger partial charge on any atom is 0.495 e. The number of benzene rings is 2. The smallest absolute Gasteiger partial charge is 0.399 e. The molecule has 1 fully saturated rings. The molecule has 1 aliphatic rings. The highest BCUT2D eigenvalue weighted by Crippen LogP contribution is 2.41. The third-order valence-electron chi connectivity index (χ3n) is 9.12. The van der Waals surface area contributed by atoms with E-state index in [2.05, 4.69) is 113 Å². The maximum atomic E-state index is 10.5. The number of hydrogen-bond acceptors (Lipinski definition) is 3. The summed E-state index contributed by atoms with van der Waals surface area (Å²) in [7, 11) is -0.341. The Balaban J connectivity index is 1.91. The zero-order valence-corrected chi connectivity index (χ0v) is 24.7. The van der Waals surface area contributed by atoms with E-state index in [1.165, 1.54) is 27.8 Å². The van der Waals surface area contributed by atoms with Gasteiger partial charge in [-0.25, -0.2) is 0 Å². The Morgan fingerprint density at radius 3 is 1.78 bits per heavy atom. The first kappa shape index (κ1) is 28.9. The van der Waals surface area contributed by atoms with Gasteiger partial charge in [0.1, 0.15) is 0 Å². The van der Waals surface area contributed by atoms with Gasteiger partial charge in [0.05, 0.1) is 17.3 Å². The van der Waals surface area contributed by atoms with E-state index < -0.39 is 0 Å². The van der Waals surface area contributed by atoms with Crippen LogP contribution < -0.4 is 5.46 Å². The lowest BCUT2D eigenvalue weighted by atomic mass is 9.67. The summed E-state index contributed by atoms with van der Waals surface area (Å²) in [5.41, 5.74) is 6.85. The summed E-state index contributed by atoms with van der Waals surface area (Å²) in [6, 6.07) is 13.8. The molecule has 198 valence electrons. The van der Waals surface area contributed by atoms with Crippen molar-refractivity contribution in [3.05, 3.63) is 64.2 Å². The monoisotopic (exact) mass is 492 g/mol. The molecule has 0 aromatic heterocycles. The van der Waals surface area contributed by atoms with Gasteiger partial charge in [0.2, 0.25) is 0 Å². The summed E-state index contributed by atoms with van der Waals surface area (Å²) >= 11 is 0. The van der Waals surface area contributed by atoms with Crippen molar-refractivity contribution in [3.8, 4) is 0 Å². The Labute approximate surface area is 221 Å². The van der Waals surface area contributed by atoms with Crippen LogP contribution in [0.15, 0.2) is 36.4 Å². The predicted molar refractivity (Wildman–Crippen MR) is 153 cm³/mol. The van der Waals surface area contributed by atoms with Crippen molar-refractivity contribution >= 4 is 12.6 Å². The summed E-state index contributed by atoms with van der Waals surface area (Å²) in [6.45, 7) is 23.7. The van der Waals surface area contributed by atoms with Crippen LogP contribution in [0.3, 0.4) is 0 Å². The van der Waals surface area contributed by atoms with Gasteiger partial charge in [-0.2, -0.15) is 0 Å². The molecule has 1 atom stereocenters. The molecular weight excluding hydrogens is 443 g/mol. The third kappa shape index (κ3) is 5.47. The summed E-state index contributed by atoms with van der Waals surface area (Å²) < 4.78 is 12.7. The van der Waals surface area contributed by atoms with Gasteiger partial charge in [0.25, 0.3) is 0 Å². The summed E-state index contributed by atoms with van der Waals surface area (Å²) in [6.07, 6.45) is 3.45. The largest absolute Gasteiger partial charge is 0.495 e. The summed E-state index contributed by atoms with van der Waals surface area (Å²) in [5.74, 6) is 0. The Morgan fingerprint density at radius 2 is 1.33 bits per heavy atom. The lowest BCUT2D eigenvalue weighted by Crippen LogP contribution is -2.41. The van der Waals surface area contributed by atoms with E-state index in [-0.39, 0.29) is 35.3 Å². The van der Waals surface area contributed by atoms with E-state index in [1.54, 1.807) is 0 Å². The molecule has 1 aliphatic heterocycles. The third-order valence-corrected chi connectivity index (χ3v) is 9.12. The van der Waals surface area contributed by atoms with Gasteiger partial charge in [0, 0.05) is 5.41 Å². The Hall–Kier alpha value is -1.62. The lowest BCUT2D eigenvalue weighted by molar-refractivity contribution is 0.00578. The zero-order chi connectivity index (χ0) is 27.1. The molecule has 2 aromatic carbocycles. The average molecular weight is 493 g/mol. The van der Waals surface area contributed by atoms with Crippen molar-refractivity contribution < 1.29 is 14.4 Å². The van der Waals surface area contributed by atoms with Crippen LogP contribution in [0, 0.1) is 19.3 Å². The quantitative estimate of drug-likeness (QED) is 0.402. The fourth-order valence-electron chi connectivity index (χ4n) is 5.44. The molecule has 1 N–H and O–H groups in total. The number of rotatable bonds is 8. The van der Waals surface area contributed by atoms with Crippen molar-refractivity contribution in [1.29, 1.82) is 0 Å². The highest BCUT2D eigenvalue weighted by molar-refractivity contribution is 6.62. The van der Waals surface area contributed by atoms with E-state index >= 15 is 0 Å². The molecule has 0 spiro atoms. The first-order valence-corrected chi connectivity index (χ1v) is 13.8. The van der Waals surface area contributed by atoms with E-state index in [0.29, 0.717) is 0 Å². The number of aliphatic hydroxyl groups excluding tert-OH is 1. The molecule has 4 heteroatoms. The van der Waals surface area contributed by atoms with Gasteiger partial charge >= 0.3 is 7.12 Å². The topological polar surface area (TPSA) is 38.7 Å². The Bertz CT molecular complexity index is 1040. The summed E-state index contributed by atoms with van der Waals surface area (Å²) in [5, 5.41) is 10.5. The number of hydrogen-bond donors (Lipinski definition) is 1. The normalized spacial score (nSPS) is 18.5. The van der Waals surface area contributed by atoms with Crippen molar-refractivity contribution in [2.45, 2.75) is 125 Å². The first-order chi connectivity index (χ1) is 16.6. The van der Waals surface area contributed by atoms with Crippen LogP contribution in [0.4, 0.5) is 0 Å². The highest BCUT2D eigenvalue weighted by Gasteiger charge is 2.52. The zero-order valence-electron chi connectivity index (χ0n) is 24.7. The fourth-order valence-corrected chi connectivity index (χ4v) is 5.44. The van der Waals surface area contributed by atoms with Crippen LogP contribution in [-0.4, -0.2) is 29.5 Å². The maximum absolute atomic E-state index is 10.5. The Morgan fingerprint density at radius 1 is 0.833 bits per heavy atom. The molecule has 0 bridgehead atoms. The van der Waals surface area contributed by atoms with Crippen molar-refractivity contribution in [2.75, 3.05) is 0 Å². The molecular formula is C32H49BO3. The molecule has 2 aromatic rings. The highest BCUT2D eigenvalue weighted by atomic mass is 16.7. The second-order valence-corrected chi connectivity index (χ2v) is 13.0. The van der Waals surface area contributed by atoms with Crippen LogP contribution in [0.2, 0.25) is 0 Å². The van der Waals surface area contributed by atoms with E-state index in [1.807, 2.05) is 0 Å². The predicted octanol–water partition coefficient (Wildman–Crippen LogP) is 7.05. The van der Waals surface area contributed by atoms with Gasteiger partial charge in [0.15, 0.2) is 0 Å². The fraction of sp³-hybridized carbons (Fsp3) is 0.625. The van der Waals surface area contributed by atoms with Crippen LogP contribution in [0.25, 0.3) is 0 Å². The molecule has 0 saturated carbocycles. The minimum Gasteiger partial charge on any atom is -0.399 e. The van der Waals surface area contributed by atoms with Crippen LogP contribution in [0.1, 0.15) is 109 Å². The van der Waals surface area contributed by atoms with Crippen LogP contribution >= 0.6 is 0 Å². The lowest BCUT2D eigenvalue weighted by Gasteiger charge is -2.34. The van der Waals surface area contributed by atoms with Crippen molar-refractivity contribution in [3.63, 3.8) is 0 Å². The Kier molecular flexibility index (Phi) is 8.26. The number of aliphatic hydroxyl groups is 1. The standard InChI is InChI=1S/C32H49BO3/c1-12-32(13-2,25-16-14-24(22(3)20-25)15-19-28(34)29(5,6)7)26-17-18-27(23(4)21-26)33-35-30(8,9)31(10,11)36-33/h14,16-18,20-21,28,34H,12-13,15,19H2,1-11H3. The van der Waals surface area contributed by atoms with Crippen LogP contribution in [-0.2, 0) is 21.1 Å². The van der Waals surface area contributed by atoms with E-state index in [0.717, 1.165) is 31.1 Å². The molecule has 0 amide bonds.